The zero-order valence-corrected chi connectivity index (χ0v) is 11.5. The minimum atomic E-state index is -3.85. The summed E-state index contributed by atoms with van der Waals surface area (Å²) in [7, 11) is -3.85. The van der Waals surface area contributed by atoms with Crippen molar-refractivity contribution in [2.45, 2.75) is 33.3 Å². The number of rotatable bonds is 8. The molecule has 1 atom stereocenters. The van der Waals surface area contributed by atoms with Crippen molar-refractivity contribution in [1.82, 2.24) is 0 Å². The first-order valence-corrected chi connectivity index (χ1v) is 7.17. The average Bonchev–Trinajstić information content (AvgIpc) is 2.28. The highest BCUT2D eigenvalue weighted by atomic mass is 32.2. The second-order valence-electron chi connectivity index (χ2n) is 3.19. The summed E-state index contributed by atoms with van der Waals surface area (Å²) in [6, 6.07) is 0. The molecule has 0 aromatic rings. The Kier molecular flexibility index (Phi) is 7.53. The Morgan fingerprint density at radius 3 is 2.06 bits per heavy atom. The van der Waals surface area contributed by atoms with E-state index >= 15 is 0 Å². The number of hydrogen-bond donors (Lipinski definition) is 0. The van der Waals surface area contributed by atoms with E-state index in [2.05, 4.69) is 13.7 Å². The van der Waals surface area contributed by atoms with Gasteiger partial charge >= 0.3 is 11.9 Å². The van der Waals surface area contributed by atoms with Crippen LogP contribution in [0.3, 0.4) is 0 Å². The molecule has 0 radical (unpaired) electrons. The fourth-order valence-corrected chi connectivity index (χ4v) is 1.64. The fraction of sp³-hybridized carbons (Fsp3) is 0.800. The minimum absolute atomic E-state index is 0.0632. The maximum absolute atomic E-state index is 11.5. The number of esters is 2. The Labute approximate surface area is 107 Å². The molecule has 0 aliphatic carbocycles. The van der Waals surface area contributed by atoms with E-state index in [0.29, 0.717) is 0 Å². The molecule has 8 heteroatoms. The molecule has 0 fully saturated rings. The van der Waals surface area contributed by atoms with Crippen molar-refractivity contribution in [1.29, 1.82) is 0 Å². The van der Waals surface area contributed by atoms with Crippen molar-refractivity contribution in [3.05, 3.63) is 0 Å². The van der Waals surface area contributed by atoms with Crippen LogP contribution >= 0.6 is 0 Å². The molecule has 0 heterocycles. The van der Waals surface area contributed by atoms with Crippen LogP contribution in [0.2, 0.25) is 0 Å². The van der Waals surface area contributed by atoms with Gasteiger partial charge in [-0.15, -0.1) is 0 Å². The van der Waals surface area contributed by atoms with Crippen LogP contribution in [-0.4, -0.2) is 45.4 Å². The maximum Gasteiger partial charge on any atom is 0.337 e. The van der Waals surface area contributed by atoms with Crippen LogP contribution in [0.25, 0.3) is 0 Å². The lowest BCUT2D eigenvalue weighted by atomic mass is 10.2. The maximum atomic E-state index is 11.5. The minimum Gasteiger partial charge on any atom is -0.466 e. The Bertz CT molecular complexity index is 374. The number of carbonyl (C=O) groups is 2. The van der Waals surface area contributed by atoms with E-state index in [0.717, 1.165) is 0 Å². The first-order valence-electron chi connectivity index (χ1n) is 5.59. The van der Waals surface area contributed by atoms with Gasteiger partial charge in [0.15, 0.2) is 6.10 Å². The van der Waals surface area contributed by atoms with Gasteiger partial charge in [0.25, 0.3) is 10.1 Å². The molecule has 0 aromatic carbocycles. The predicted molar refractivity (Wildman–Crippen MR) is 62.2 cm³/mol. The molecule has 106 valence electrons. The molecule has 0 rings (SSSR count). The van der Waals surface area contributed by atoms with E-state index in [9.17, 15) is 18.0 Å². The van der Waals surface area contributed by atoms with Gasteiger partial charge in [0.05, 0.1) is 25.4 Å². The molecule has 0 bridgehead atoms. The van der Waals surface area contributed by atoms with E-state index in [-0.39, 0.29) is 19.0 Å². The van der Waals surface area contributed by atoms with Crippen molar-refractivity contribution in [2.75, 3.05) is 19.0 Å². The van der Waals surface area contributed by atoms with Gasteiger partial charge < -0.3 is 9.47 Å². The van der Waals surface area contributed by atoms with Crippen molar-refractivity contribution in [3.63, 3.8) is 0 Å². The van der Waals surface area contributed by atoms with Crippen LogP contribution in [-0.2, 0) is 33.4 Å². The summed E-state index contributed by atoms with van der Waals surface area (Å²) < 4.78 is 36.4. The Balaban J connectivity index is 4.72. The molecular formula is C10H18O7S. The number of carbonyl (C=O) groups excluding carboxylic acids is 2. The second-order valence-corrected chi connectivity index (χ2v) is 5.08. The van der Waals surface area contributed by atoms with Gasteiger partial charge in [-0.1, -0.05) is 0 Å². The summed E-state index contributed by atoms with van der Waals surface area (Å²) >= 11 is 0. The van der Waals surface area contributed by atoms with E-state index in [1.807, 2.05) is 0 Å². The Hall–Kier alpha value is -1.15. The third-order valence-electron chi connectivity index (χ3n) is 1.82. The van der Waals surface area contributed by atoms with Gasteiger partial charge in [0, 0.05) is 0 Å². The molecule has 0 saturated heterocycles. The molecule has 0 amide bonds. The van der Waals surface area contributed by atoms with Crippen molar-refractivity contribution >= 4 is 22.1 Å². The summed E-state index contributed by atoms with van der Waals surface area (Å²) in [5.41, 5.74) is 0. The van der Waals surface area contributed by atoms with Gasteiger partial charge in [0.1, 0.15) is 0 Å². The normalized spacial score (nSPS) is 12.8. The lowest BCUT2D eigenvalue weighted by Crippen LogP contribution is -2.32. The third kappa shape index (κ3) is 6.55. The van der Waals surface area contributed by atoms with E-state index in [4.69, 9.17) is 0 Å². The Morgan fingerprint density at radius 2 is 1.61 bits per heavy atom. The van der Waals surface area contributed by atoms with E-state index in [1.165, 1.54) is 6.92 Å². The molecule has 7 nitrogen and oxygen atoms in total. The van der Waals surface area contributed by atoms with Gasteiger partial charge in [-0.25, -0.2) is 4.79 Å². The predicted octanol–water partition coefficient (Wildman–Crippen LogP) is 0.238. The second kappa shape index (κ2) is 8.04. The van der Waals surface area contributed by atoms with E-state index < -0.39 is 34.6 Å². The highest BCUT2D eigenvalue weighted by molar-refractivity contribution is 7.86. The van der Waals surface area contributed by atoms with Gasteiger partial charge in [-0.05, 0) is 20.8 Å². The molecule has 0 aliphatic rings. The van der Waals surface area contributed by atoms with Gasteiger partial charge in [0.2, 0.25) is 0 Å². The van der Waals surface area contributed by atoms with Crippen molar-refractivity contribution in [2.24, 2.45) is 0 Å². The lowest BCUT2D eigenvalue weighted by Gasteiger charge is -2.14. The summed E-state index contributed by atoms with van der Waals surface area (Å²) in [6.45, 7) is 4.72. The topological polar surface area (TPSA) is 96.0 Å². The molecule has 0 aliphatic heterocycles. The standard InChI is InChI=1S/C10H18O7S/c1-4-15-9(11)7-8(10(12)16-5-2)17-18(13,14)6-3/h8H,4-7H2,1-3H3/t8-/m0/s1. The monoisotopic (exact) mass is 282 g/mol. The number of ether oxygens (including phenoxy) is 2. The zero-order chi connectivity index (χ0) is 14.2. The van der Waals surface area contributed by atoms with Crippen LogP contribution in [0.15, 0.2) is 0 Å². The average molecular weight is 282 g/mol. The van der Waals surface area contributed by atoms with Crippen LogP contribution in [0.5, 0.6) is 0 Å². The summed E-state index contributed by atoms with van der Waals surface area (Å²) in [5.74, 6) is -1.92. The quantitative estimate of drug-likeness (QED) is 0.464. The van der Waals surface area contributed by atoms with Gasteiger partial charge in [-0.3, -0.25) is 8.98 Å². The number of hydrogen-bond acceptors (Lipinski definition) is 7. The first kappa shape index (κ1) is 16.9. The zero-order valence-electron chi connectivity index (χ0n) is 10.7. The smallest absolute Gasteiger partial charge is 0.337 e. The van der Waals surface area contributed by atoms with Crippen LogP contribution < -0.4 is 0 Å². The third-order valence-corrected chi connectivity index (χ3v) is 3.06. The molecule has 0 aromatic heterocycles. The lowest BCUT2D eigenvalue weighted by molar-refractivity contribution is -0.157. The first-order chi connectivity index (χ1) is 8.36. The van der Waals surface area contributed by atoms with Crippen molar-refractivity contribution < 1.29 is 31.7 Å². The molecule has 18 heavy (non-hydrogen) atoms. The van der Waals surface area contributed by atoms with E-state index in [1.54, 1.807) is 13.8 Å². The molecule has 0 N–H and O–H groups in total. The summed E-state index contributed by atoms with van der Waals surface area (Å²) in [5, 5.41) is 0. The molecular weight excluding hydrogens is 264 g/mol. The SMILES string of the molecule is CCOC(=O)C[C@H](OS(=O)(=O)CC)C(=O)OCC. The molecule has 0 unspecified atom stereocenters. The summed E-state index contributed by atoms with van der Waals surface area (Å²) in [4.78, 5) is 22.7. The summed E-state index contributed by atoms with van der Waals surface area (Å²) in [6.07, 6.45) is -1.99. The van der Waals surface area contributed by atoms with Crippen molar-refractivity contribution in [3.8, 4) is 0 Å². The van der Waals surface area contributed by atoms with Crippen LogP contribution in [0.4, 0.5) is 0 Å². The molecule has 0 saturated carbocycles. The highest BCUT2D eigenvalue weighted by Gasteiger charge is 2.29. The van der Waals surface area contributed by atoms with Crippen LogP contribution in [0.1, 0.15) is 27.2 Å². The van der Waals surface area contributed by atoms with Gasteiger partial charge in [-0.2, -0.15) is 8.42 Å². The Morgan fingerprint density at radius 1 is 1.06 bits per heavy atom. The molecule has 0 spiro atoms. The fourth-order valence-electron chi connectivity index (χ4n) is 1.01. The largest absolute Gasteiger partial charge is 0.466 e. The highest BCUT2D eigenvalue weighted by Crippen LogP contribution is 2.08. The van der Waals surface area contributed by atoms with Crippen LogP contribution in [0, 0.1) is 0 Å².